The quantitative estimate of drug-likeness (QED) is 0.753. The van der Waals surface area contributed by atoms with E-state index < -0.39 is 0 Å². The molecule has 2 heterocycles. The van der Waals surface area contributed by atoms with Crippen LogP contribution < -0.4 is 0 Å². The summed E-state index contributed by atoms with van der Waals surface area (Å²) in [5.74, 6) is 0. The summed E-state index contributed by atoms with van der Waals surface area (Å²) in [5.41, 5.74) is 0. The van der Waals surface area contributed by atoms with E-state index in [1.54, 1.807) is 0 Å². The summed E-state index contributed by atoms with van der Waals surface area (Å²) in [6.07, 6.45) is 12.5. The van der Waals surface area contributed by atoms with Crippen molar-refractivity contribution in [1.82, 2.24) is 14.5 Å². The SMILES string of the molecule is BrCCC1CCCCN1CCCn1ccnc1. The van der Waals surface area contributed by atoms with Gasteiger partial charge in [-0.25, -0.2) is 4.98 Å². The maximum absolute atomic E-state index is 4.08. The van der Waals surface area contributed by atoms with Gasteiger partial charge in [0.25, 0.3) is 0 Å². The van der Waals surface area contributed by atoms with Gasteiger partial charge in [-0.05, 0) is 32.2 Å². The lowest BCUT2D eigenvalue weighted by molar-refractivity contribution is 0.141. The molecule has 1 fully saturated rings. The molecule has 2 rings (SSSR count). The number of nitrogens with zero attached hydrogens (tertiary/aromatic N) is 3. The number of alkyl halides is 1. The van der Waals surface area contributed by atoms with Crippen LogP contribution in [0.2, 0.25) is 0 Å². The summed E-state index contributed by atoms with van der Waals surface area (Å²) in [6.45, 7) is 3.62. The maximum atomic E-state index is 4.08. The highest BCUT2D eigenvalue weighted by Crippen LogP contribution is 2.20. The van der Waals surface area contributed by atoms with Crippen LogP contribution in [0.1, 0.15) is 32.1 Å². The van der Waals surface area contributed by atoms with Gasteiger partial charge in [-0.1, -0.05) is 22.4 Å². The zero-order chi connectivity index (χ0) is 11.9. The Kier molecular flexibility index (Phi) is 5.52. The van der Waals surface area contributed by atoms with Crippen molar-refractivity contribution in [3.63, 3.8) is 0 Å². The standard InChI is InChI=1S/C13H22BrN3/c14-6-5-13-4-1-2-9-17(13)10-3-8-16-11-7-15-12-16/h7,11-13H,1-6,8-10H2. The summed E-state index contributed by atoms with van der Waals surface area (Å²) in [5, 5.41) is 1.13. The van der Waals surface area contributed by atoms with Gasteiger partial charge in [0.15, 0.2) is 0 Å². The second-order valence-corrected chi connectivity index (χ2v) is 5.61. The van der Waals surface area contributed by atoms with E-state index in [-0.39, 0.29) is 0 Å². The van der Waals surface area contributed by atoms with E-state index in [9.17, 15) is 0 Å². The molecule has 0 bridgehead atoms. The predicted octanol–water partition coefficient (Wildman–Crippen LogP) is 2.91. The Labute approximate surface area is 112 Å². The lowest BCUT2D eigenvalue weighted by atomic mass is 10.00. The molecule has 1 aromatic heterocycles. The van der Waals surface area contributed by atoms with Crippen LogP contribution >= 0.6 is 15.9 Å². The van der Waals surface area contributed by atoms with Gasteiger partial charge in [0.2, 0.25) is 0 Å². The molecule has 1 saturated heterocycles. The smallest absolute Gasteiger partial charge is 0.0945 e. The molecule has 1 aliphatic rings. The summed E-state index contributed by atoms with van der Waals surface area (Å²) >= 11 is 3.57. The van der Waals surface area contributed by atoms with Crippen LogP contribution in [0.5, 0.6) is 0 Å². The van der Waals surface area contributed by atoms with Crippen molar-refractivity contribution in [3.05, 3.63) is 18.7 Å². The van der Waals surface area contributed by atoms with Crippen LogP contribution in [0, 0.1) is 0 Å². The van der Waals surface area contributed by atoms with Gasteiger partial charge >= 0.3 is 0 Å². The van der Waals surface area contributed by atoms with E-state index in [1.807, 2.05) is 18.7 Å². The van der Waals surface area contributed by atoms with Crippen molar-refractivity contribution in [2.75, 3.05) is 18.4 Å². The summed E-state index contributed by atoms with van der Waals surface area (Å²) in [6, 6.07) is 0.811. The second kappa shape index (κ2) is 7.17. The maximum Gasteiger partial charge on any atom is 0.0945 e. The molecule has 3 nitrogen and oxygen atoms in total. The third-order valence-corrected chi connectivity index (χ3v) is 4.07. The van der Waals surface area contributed by atoms with Crippen LogP contribution in [0.3, 0.4) is 0 Å². The van der Waals surface area contributed by atoms with E-state index >= 15 is 0 Å². The van der Waals surface area contributed by atoms with Crippen LogP contribution in [-0.2, 0) is 6.54 Å². The zero-order valence-electron chi connectivity index (χ0n) is 10.4. The Bertz CT molecular complexity index is 298. The van der Waals surface area contributed by atoms with Crippen molar-refractivity contribution in [2.24, 2.45) is 0 Å². The number of hydrogen-bond acceptors (Lipinski definition) is 2. The molecule has 0 amide bonds. The summed E-state index contributed by atoms with van der Waals surface area (Å²) < 4.78 is 2.17. The van der Waals surface area contributed by atoms with Crippen molar-refractivity contribution in [3.8, 4) is 0 Å². The highest BCUT2D eigenvalue weighted by molar-refractivity contribution is 9.09. The lowest BCUT2D eigenvalue weighted by Crippen LogP contribution is -2.40. The number of aromatic nitrogens is 2. The molecule has 4 heteroatoms. The van der Waals surface area contributed by atoms with Crippen LogP contribution in [0.15, 0.2) is 18.7 Å². The fourth-order valence-corrected chi connectivity index (χ4v) is 3.21. The first-order valence-electron chi connectivity index (χ1n) is 6.66. The number of halogens is 1. The number of piperidine rings is 1. The van der Waals surface area contributed by atoms with Gasteiger partial charge < -0.3 is 9.47 Å². The molecule has 1 aliphatic heterocycles. The molecule has 0 N–H and O–H groups in total. The third-order valence-electron chi connectivity index (χ3n) is 3.61. The van der Waals surface area contributed by atoms with Gasteiger partial charge in [-0.3, -0.25) is 0 Å². The van der Waals surface area contributed by atoms with Gasteiger partial charge in [0, 0.05) is 36.9 Å². The topological polar surface area (TPSA) is 21.1 Å². The monoisotopic (exact) mass is 299 g/mol. The number of imidazole rings is 1. The highest BCUT2D eigenvalue weighted by atomic mass is 79.9. The van der Waals surface area contributed by atoms with Crippen LogP contribution in [-0.4, -0.2) is 38.9 Å². The molecular formula is C13H22BrN3. The summed E-state index contributed by atoms with van der Waals surface area (Å²) in [7, 11) is 0. The van der Waals surface area contributed by atoms with E-state index in [0.29, 0.717) is 0 Å². The average molecular weight is 300 g/mol. The van der Waals surface area contributed by atoms with E-state index in [2.05, 4.69) is 30.4 Å². The Balaban J connectivity index is 1.72. The first kappa shape index (κ1) is 13.1. The molecule has 1 atom stereocenters. The molecule has 0 saturated carbocycles. The number of aryl methyl sites for hydroxylation is 1. The molecule has 0 aromatic carbocycles. The largest absolute Gasteiger partial charge is 0.337 e. The predicted molar refractivity (Wildman–Crippen MR) is 74.5 cm³/mol. The molecular weight excluding hydrogens is 278 g/mol. The molecule has 1 aromatic rings. The lowest BCUT2D eigenvalue weighted by Gasteiger charge is -2.35. The minimum Gasteiger partial charge on any atom is -0.337 e. The van der Waals surface area contributed by atoms with E-state index in [0.717, 1.165) is 17.9 Å². The zero-order valence-corrected chi connectivity index (χ0v) is 12.0. The number of rotatable bonds is 6. The first-order chi connectivity index (χ1) is 8.40. The van der Waals surface area contributed by atoms with Gasteiger partial charge in [0.1, 0.15) is 0 Å². The van der Waals surface area contributed by atoms with Crippen molar-refractivity contribution < 1.29 is 0 Å². The Morgan fingerprint density at radius 3 is 3.00 bits per heavy atom. The molecule has 0 radical (unpaired) electrons. The molecule has 0 spiro atoms. The van der Waals surface area contributed by atoms with E-state index in [1.165, 1.54) is 45.2 Å². The minimum absolute atomic E-state index is 0.811. The Morgan fingerprint density at radius 1 is 1.29 bits per heavy atom. The molecule has 17 heavy (non-hydrogen) atoms. The number of hydrogen-bond donors (Lipinski definition) is 0. The molecule has 1 unspecified atom stereocenters. The molecule has 96 valence electrons. The van der Waals surface area contributed by atoms with Gasteiger partial charge in [0.05, 0.1) is 6.33 Å². The first-order valence-corrected chi connectivity index (χ1v) is 7.78. The Morgan fingerprint density at radius 2 is 2.24 bits per heavy atom. The average Bonchev–Trinajstić information content (AvgIpc) is 2.85. The van der Waals surface area contributed by atoms with Crippen molar-refractivity contribution >= 4 is 15.9 Å². The fourth-order valence-electron chi connectivity index (χ4n) is 2.68. The van der Waals surface area contributed by atoms with Gasteiger partial charge in [-0.2, -0.15) is 0 Å². The van der Waals surface area contributed by atoms with Crippen LogP contribution in [0.25, 0.3) is 0 Å². The van der Waals surface area contributed by atoms with Gasteiger partial charge in [-0.15, -0.1) is 0 Å². The molecule has 0 aliphatic carbocycles. The minimum atomic E-state index is 0.811. The van der Waals surface area contributed by atoms with E-state index in [4.69, 9.17) is 0 Å². The third kappa shape index (κ3) is 4.11. The van der Waals surface area contributed by atoms with Crippen molar-refractivity contribution in [2.45, 2.75) is 44.7 Å². The van der Waals surface area contributed by atoms with Crippen LogP contribution in [0.4, 0.5) is 0 Å². The second-order valence-electron chi connectivity index (χ2n) is 4.82. The van der Waals surface area contributed by atoms with Crippen molar-refractivity contribution in [1.29, 1.82) is 0 Å². The fraction of sp³-hybridized carbons (Fsp3) is 0.769. The normalized spacial score (nSPS) is 21.8. The Hall–Kier alpha value is -0.350. The highest BCUT2D eigenvalue weighted by Gasteiger charge is 2.20. The summed E-state index contributed by atoms with van der Waals surface area (Å²) in [4.78, 5) is 6.76. The number of likely N-dealkylation sites (tertiary alicyclic amines) is 1.